The van der Waals surface area contributed by atoms with E-state index in [4.69, 9.17) is 0 Å². The predicted octanol–water partition coefficient (Wildman–Crippen LogP) is 23.6. The fourth-order valence-corrected chi connectivity index (χ4v) is 19.6. The topological polar surface area (TPSA) is 0 Å². The molecule has 10 atom stereocenters. The van der Waals surface area contributed by atoms with E-state index < -0.39 is 0 Å². The highest BCUT2D eigenvalue weighted by Crippen LogP contribution is 2.69. The fourth-order valence-electron chi connectivity index (χ4n) is 19.6. The molecule has 454 valence electrons. The monoisotopic (exact) mass is 1170 g/mol. The summed E-state index contributed by atoms with van der Waals surface area (Å²) >= 11 is 0. The van der Waals surface area contributed by atoms with Gasteiger partial charge in [-0.3, -0.25) is 0 Å². The Hall–Kier alpha value is -7.02. The van der Waals surface area contributed by atoms with E-state index in [0.29, 0.717) is 53.3 Å². The van der Waals surface area contributed by atoms with Gasteiger partial charge in [-0.25, -0.2) is 0 Å². The van der Waals surface area contributed by atoms with Gasteiger partial charge in [-0.15, -0.1) is 6.58 Å². The molecule has 0 saturated heterocycles. The lowest BCUT2D eigenvalue weighted by atomic mass is 9.58. The Labute approximate surface area is 536 Å². The zero-order valence-corrected chi connectivity index (χ0v) is 56.1. The molecule has 10 unspecified atom stereocenters. The van der Waals surface area contributed by atoms with E-state index in [1.54, 1.807) is 55.7 Å². The Kier molecular flexibility index (Phi) is 15.2. The Bertz CT molecular complexity index is 4070. The van der Waals surface area contributed by atoms with Crippen molar-refractivity contribution in [1.82, 2.24) is 0 Å². The van der Waals surface area contributed by atoms with Crippen LogP contribution in [0.4, 0.5) is 0 Å². The van der Waals surface area contributed by atoms with Gasteiger partial charge >= 0.3 is 0 Å². The second-order valence-corrected chi connectivity index (χ2v) is 30.9. The van der Waals surface area contributed by atoms with Crippen molar-refractivity contribution in [2.24, 2.45) is 64.1 Å². The van der Waals surface area contributed by atoms with Gasteiger partial charge in [0.25, 0.3) is 0 Å². The molecule has 0 heterocycles. The van der Waals surface area contributed by atoms with Crippen LogP contribution in [-0.2, 0) is 11.8 Å². The van der Waals surface area contributed by atoms with Gasteiger partial charge in [-0.05, 0) is 265 Å². The SMILES string of the molecule is C=CCC1C(C)C2=C(C=C3C4=CC=C(c5ccc6c(c5)C(C)=C(C)C5CC(C7=CC=C8C9=C(C=C(C%10=CC=CCC%10CC%10=CCC(C)C=C%10)C(Cc%10ccc(C)cc%10)C9)C(C)(C)C8C7)=CC=C65)CC4C(C(C)=CC=C(C)C)(c4ccc(C)cc4)C3C2)C1(C)C. The highest BCUT2D eigenvalue weighted by Gasteiger charge is 2.60. The van der Waals surface area contributed by atoms with Gasteiger partial charge in [0.05, 0.1) is 0 Å². The summed E-state index contributed by atoms with van der Waals surface area (Å²) in [6.45, 7) is 35.6. The number of hydrogen-bond acceptors (Lipinski definition) is 0. The first-order valence-corrected chi connectivity index (χ1v) is 34.5. The fraction of sp³-hybridized carbons (Fsp3) is 0.393. The number of allylic oxidation sites excluding steroid dienone is 35. The van der Waals surface area contributed by atoms with Crippen molar-refractivity contribution in [1.29, 1.82) is 0 Å². The highest BCUT2D eigenvalue weighted by molar-refractivity contribution is 5.91. The van der Waals surface area contributed by atoms with Crippen LogP contribution in [0.25, 0.3) is 16.7 Å². The van der Waals surface area contributed by atoms with Gasteiger partial charge in [0.15, 0.2) is 0 Å². The number of hydrogen-bond donors (Lipinski definition) is 0. The van der Waals surface area contributed by atoms with Gasteiger partial charge in [-0.2, -0.15) is 0 Å². The summed E-state index contributed by atoms with van der Waals surface area (Å²) in [7, 11) is 0. The second kappa shape index (κ2) is 22.7. The van der Waals surface area contributed by atoms with Crippen molar-refractivity contribution in [2.45, 2.75) is 160 Å². The van der Waals surface area contributed by atoms with Crippen molar-refractivity contribution >= 4 is 16.7 Å². The van der Waals surface area contributed by atoms with Crippen molar-refractivity contribution in [2.75, 3.05) is 0 Å². The standard InChI is InChI=1S/C89H98/c1-15-18-81-60(10)77-50-86-80(52-83(77)87(81,11)12)74-42-36-66(49-85(74)89(86,57(7)28-21-53(2)3)69-37-26-56(6)27-38-69)64-34-40-72-71-39-33-63(45-75(71)58(8)59(9)76(72)46-64)65-35-41-73-79-47-68(44-62-31-24-55(5)25-32-62)78(51-84(79)88(13,14)82(73)48-65)70-20-17-16-19-67(70)43-61-29-22-54(4)23-30-61/h15-17,20-22,24-42,46,51-52,54,60,67-68,75,81-82,85-86H,1,18-19,23,43-45,47-50H2,2-14H3. The molecule has 0 N–H and O–H groups in total. The minimum Gasteiger partial charge on any atom is -0.103 e. The third-order valence-electron chi connectivity index (χ3n) is 24.9. The normalized spacial score (nSPS) is 30.3. The number of benzene rings is 3. The zero-order valence-electron chi connectivity index (χ0n) is 56.1. The van der Waals surface area contributed by atoms with Crippen molar-refractivity contribution in [3.05, 3.63) is 299 Å². The smallest absolute Gasteiger partial charge is 0.0305 e. The van der Waals surface area contributed by atoms with Crippen LogP contribution < -0.4 is 0 Å². The minimum atomic E-state index is -0.196. The summed E-state index contributed by atoms with van der Waals surface area (Å²) in [6.07, 6.45) is 53.4. The summed E-state index contributed by atoms with van der Waals surface area (Å²) in [5.41, 5.74) is 37.6. The predicted molar refractivity (Wildman–Crippen MR) is 381 cm³/mol. The van der Waals surface area contributed by atoms with E-state index in [-0.39, 0.29) is 16.2 Å². The van der Waals surface area contributed by atoms with Crippen LogP contribution in [0, 0.1) is 77.9 Å². The molecule has 1 fully saturated rings. The molecule has 0 aliphatic heterocycles. The third kappa shape index (κ3) is 9.89. The first-order valence-electron chi connectivity index (χ1n) is 34.5. The van der Waals surface area contributed by atoms with Crippen LogP contribution in [0.15, 0.2) is 260 Å². The summed E-state index contributed by atoms with van der Waals surface area (Å²) in [5.74, 6) is 4.17. The molecular formula is C89H98. The molecule has 0 heteroatoms. The maximum atomic E-state index is 4.25. The Balaban J connectivity index is 0.781. The maximum absolute atomic E-state index is 4.25. The van der Waals surface area contributed by atoms with E-state index in [9.17, 15) is 0 Å². The first-order chi connectivity index (χ1) is 42.8. The van der Waals surface area contributed by atoms with Gasteiger partial charge in [0.2, 0.25) is 0 Å². The molecule has 3 aromatic rings. The minimum absolute atomic E-state index is 0.0281. The lowest BCUT2D eigenvalue weighted by Gasteiger charge is -2.44. The number of aryl methyl sites for hydroxylation is 2. The number of fused-ring (bicyclic) bond motifs is 8. The van der Waals surface area contributed by atoms with E-state index in [1.165, 1.54) is 83.5 Å². The average molecular weight is 1170 g/mol. The quantitative estimate of drug-likeness (QED) is 0.125. The molecule has 0 radical (unpaired) electrons. The molecule has 3 aromatic carbocycles. The Morgan fingerprint density at radius 3 is 2.01 bits per heavy atom. The van der Waals surface area contributed by atoms with Crippen LogP contribution in [-0.4, -0.2) is 0 Å². The molecule has 14 rings (SSSR count). The highest BCUT2D eigenvalue weighted by atomic mass is 14.6. The average Bonchev–Trinajstić information content (AvgIpc) is 1.56. The molecule has 0 nitrogen and oxygen atoms in total. The molecule has 89 heavy (non-hydrogen) atoms. The van der Waals surface area contributed by atoms with Crippen LogP contribution in [0.2, 0.25) is 0 Å². The first kappa shape index (κ1) is 59.6. The lowest BCUT2D eigenvalue weighted by Crippen LogP contribution is -2.40. The van der Waals surface area contributed by atoms with E-state index in [0.717, 1.165) is 64.2 Å². The van der Waals surface area contributed by atoms with Gasteiger partial charge in [-0.1, -0.05) is 244 Å². The largest absolute Gasteiger partial charge is 0.103 e. The van der Waals surface area contributed by atoms with Crippen LogP contribution >= 0.6 is 0 Å². The molecule has 0 spiro atoms. The van der Waals surface area contributed by atoms with Gasteiger partial charge < -0.3 is 0 Å². The molecule has 0 aromatic heterocycles. The zero-order chi connectivity index (χ0) is 62.0. The van der Waals surface area contributed by atoms with Crippen molar-refractivity contribution < 1.29 is 0 Å². The van der Waals surface area contributed by atoms with Gasteiger partial charge in [0, 0.05) is 23.2 Å². The summed E-state index contributed by atoms with van der Waals surface area (Å²) in [6, 6.07) is 26.7. The third-order valence-corrected chi connectivity index (χ3v) is 24.9. The number of rotatable bonds is 12. The second-order valence-electron chi connectivity index (χ2n) is 30.9. The molecular weight excluding hydrogens is 1070 g/mol. The Morgan fingerprint density at radius 1 is 0.596 bits per heavy atom. The van der Waals surface area contributed by atoms with E-state index in [2.05, 4.69) is 267 Å². The molecule has 1 saturated carbocycles. The van der Waals surface area contributed by atoms with E-state index >= 15 is 0 Å². The molecule has 0 bridgehead atoms. The van der Waals surface area contributed by atoms with E-state index in [1.807, 2.05) is 0 Å². The van der Waals surface area contributed by atoms with Crippen LogP contribution in [0.5, 0.6) is 0 Å². The maximum Gasteiger partial charge on any atom is 0.0305 e. The summed E-state index contributed by atoms with van der Waals surface area (Å²) in [4.78, 5) is 0. The van der Waals surface area contributed by atoms with Crippen LogP contribution in [0.1, 0.15) is 173 Å². The summed E-state index contributed by atoms with van der Waals surface area (Å²) in [5, 5.41) is 0. The molecule has 11 aliphatic rings. The molecule has 0 amide bonds. The molecule has 11 aliphatic carbocycles. The van der Waals surface area contributed by atoms with Gasteiger partial charge in [0.1, 0.15) is 0 Å². The summed E-state index contributed by atoms with van der Waals surface area (Å²) < 4.78 is 0. The lowest BCUT2D eigenvalue weighted by molar-refractivity contribution is 0.246. The van der Waals surface area contributed by atoms with Crippen LogP contribution in [0.3, 0.4) is 0 Å². The van der Waals surface area contributed by atoms with Crippen molar-refractivity contribution in [3.63, 3.8) is 0 Å². The van der Waals surface area contributed by atoms with Crippen molar-refractivity contribution in [3.8, 4) is 0 Å². The Morgan fingerprint density at radius 2 is 1.28 bits per heavy atom.